The molecule has 0 spiro atoms. The zero-order valence-electron chi connectivity index (χ0n) is 20.0. The molecule has 0 aromatic carbocycles. The second-order valence-electron chi connectivity index (χ2n) is 11.9. The summed E-state index contributed by atoms with van der Waals surface area (Å²) in [6.07, 6.45) is -2.70. The zero-order chi connectivity index (χ0) is 24.3. The average Bonchev–Trinajstić information content (AvgIpc) is 3.57. The summed E-state index contributed by atoms with van der Waals surface area (Å²) in [5, 5.41) is 46.2. The number of aliphatic hydroxyl groups excluding tert-OH is 2. The zero-order valence-corrected chi connectivity index (χ0v) is 20.0. The number of esters is 1. The van der Waals surface area contributed by atoms with E-state index in [0.29, 0.717) is 24.0 Å². The minimum absolute atomic E-state index is 0.00439. The monoisotopic (exact) mass is 464 g/mol. The second-order valence-corrected chi connectivity index (χ2v) is 11.9. The van der Waals surface area contributed by atoms with Crippen LogP contribution in [0.4, 0.5) is 0 Å². The number of carbonyl (C=O) groups is 2. The lowest BCUT2D eigenvalue weighted by Crippen LogP contribution is -2.79. The molecule has 0 amide bonds. The van der Waals surface area contributed by atoms with Crippen molar-refractivity contribution in [3.8, 4) is 0 Å². The molecule has 3 saturated carbocycles. The molecular weight excluding hydrogens is 428 g/mol. The van der Waals surface area contributed by atoms with Crippen LogP contribution in [0.3, 0.4) is 0 Å². The number of Topliss-reactive ketones (excluding diaryl/α,β-unsaturated/α-hetero) is 1. The lowest BCUT2D eigenvalue weighted by molar-refractivity contribution is -0.335. The lowest BCUT2D eigenvalue weighted by atomic mass is 9.43. The van der Waals surface area contributed by atoms with E-state index in [4.69, 9.17) is 9.47 Å². The van der Waals surface area contributed by atoms with Gasteiger partial charge in [0.1, 0.15) is 5.60 Å². The largest absolute Gasteiger partial charge is 0.449 e. The van der Waals surface area contributed by atoms with E-state index in [9.17, 15) is 30.0 Å². The molecule has 8 heteroatoms. The summed E-state index contributed by atoms with van der Waals surface area (Å²) in [6.45, 7) is 8.72. The number of hydrogen-bond donors (Lipinski definition) is 4. The molecule has 1 heterocycles. The summed E-state index contributed by atoms with van der Waals surface area (Å²) in [6, 6.07) is 0. The molecule has 33 heavy (non-hydrogen) atoms. The van der Waals surface area contributed by atoms with Gasteiger partial charge in [0.15, 0.2) is 11.9 Å². The number of fused-ring (bicyclic) bond motifs is 5. The number of ketones is 1. The Bertz CT molecular complexity index is 937. The van der Waals surface area contributed by atoms with Crippen LogP contribution in [-0.2, 0) is 19.1 Å². The minimum Gasteiger partial charge on any atom is -0.449 e. The summed E-state index contributed by atoms with van der Waals surface area (Å²) in [5.41, 5.74) is -4.57. The lowest BCUT2D eigenvalue weighted by Gasteiger charge is -2.67. The Hall–Kier alpha value is -1.32. The van der Waals surface area contributed by atoms with E-state index in [1.807, 2.05) is 0 Å². The smallest absolute Gasteiger partial charge is 0.309 e. The second kappa shape index (κ2) is 6.88. The van der Waals surface area contributed by atoms with Gasteiger partial charge in [-0.3, -0.25) is 9.59 Å². The molecule has 4 N–H and O–H groups in total. The molecule has 0 radical (unpaired) electrons. The molecule has 1 saturated heterocycles. The number of carbonyl (C=O) groups excluding carboxylic acids is 2. The van der Waals surface area contributed by atoms with E-state index in [1.54, 1.807) is 34.6 Å². The van der Waals surface area contributed by atoms with Crippen LogP contribution in [0.15, 0.2) is 11.1 Å². The van der Waals surface area contributed by atoms with Crippen LogP contribution in [0.2, 0.25) is 0 Å². The first kappa shape index (κ1) is 23.4. The molecule has 0 aromatic heterocycles. The first-order valence-electron chi connectivity index (χ1n) is 12.1. The predicted molar refractivity (Wildman–Crippen MR) is 116 cm³/mol. The highest BCUT2D eigenvalue weighted by Crippen LogP contribution is 2.64. The summed E-state index contributed by atoms with van der Waals surface area (Å²) in [4.78, 5) is 27.2. The van der Waals surface area contributed by atoms with Crippen LogP contribution >= 0.6 is 0 Å². The maximum atomic E-state index is 14.4. The van der Waals surface area contributed by atoms with Gasteiger partial charge in [-0.25, -0.2) is 0 Å². The Morgan fingerprint density at radius 2 is 1.79 bits per heavy atom. The van der Waals surface area contributed by atoms with Gasteiger partial charge in [0, 0.05) is 24.2 Å². The van der Waals surface area contributed by atoms with Crippen molar-refractivity contribution in [1.82, 2.24) is 0 Å². The summed E-state index contributed by atoms with van der Waals surface area (Å²) < 4.78 is 11.4. The van der Waals surface area contributed by atoms with Gasteiger partial charge >= 0.3 is 5.97 Å². The number of aliphatic hydroxyl groups is 4. The molecule has 7 unspecified atom stereocenters. The van der Waals surface area contributed by atoms with Crippen LogP contribution in [0, 0.1) is 28.6 Å². The molecule has 1 aliphatic heterocycles. The van der Waals surface area contributed by atoms with Crippen molar-refractivity contribution >= 4 is 11.8 Å². The summed E-state index contributed by atoms with van der Waals surface area (Å²) in [5.74, 6) is -2.76. The Labute approximate surface area is 194 Å². The summed E-state index contributed by atoms with van der Waals surface area (Å²) in [7, 11) is 0. The van der Waals surface area contributed by atoms with Gasteiger partial charge in [-0.2, -0.15) is 0 Å². The fourth-order valence-electron chi connectivity index (χ4n) is 7.61. The van der Waals surface area contributed by atoms with E-state index >= 15 is 0 Å². The van der Waals surface area contributed by atoms with Crippen molar-refractivity contribution in [3.63, 3.8) is 0 Å². The molecule has 5 aliphatic rings. The fraction of sp³-hybridized carbons (Fsp3) is 0.840. The van der Waals surface area contributed by atoms with Gasteiger partial charge in [-0.1, -0.05) is 20.8 Å². The third-order valence-corrected chi connectivity index (χ3v) is 10.0. The standard InChI is InChI=1S/C25H36O8/c1-11-14(26)9-25(31)12(2)19-23(5,15(27)8-16-24(19,30)10-32-16)20(28)18(17(11)22(25,3)4)33-21(29)13-6-7-13/h12-16,18-19,26-27,30-31H,6-10H2,1-5H3/t12?,14?,15?,16?,18?,19?,23-,24+,25?/m1/s1. The van der Waals surface area contributed by atoms with Crippen LogP contribution in [-0.4, -0.2) is 74.4 Å². The third-order valence-electron chi connectivity index (χ3n) is 10.0. The van der Waals surface area contributed by atoms with E-state index in [1.165, 1.54) is 0 Å². The molecular formula is C25H36O8. The van der Waals surface area contributed by atoms with Crippen molar-refractivity contribution in [1.29, 1.82) is 0 Å². The van der Waals surface area contributed by atoms with Gasteiger partial charge < -0.3 is 29.9 Å². The van der Waals surface area contributed by atoms with Crippen LogP contribution in [0.25, 0.3) is 0 Å². The number of ether oxygens (including phenoxy) is 2. The van der Waals surface area contributed by atoms with Gasteiger partial charge in [0.25, 0.3) is 0 Å². The van der Waals surface area contributed by atoms with Crippen LogP contribution in [0.1, 0.15) is 60.3 Å². The first-order valence-corrected chi connectivity index (χ1v) is 12.1. The Balaban J connectivity index is 1.76. The third kappa shape index (κ3) is 2.76. The van der Waals surface area contributed by atoms with Crippen molar-refractivity contribution in [2.75, 3.05) is 6.61 Å². The molecule has 184 valence electrons. The van der Waals surface area contributed by atoms with E-state index in [0.717, 1.165) is 0 Å². The number of hydrogen-bond acceptors (Lipinski definition) is 8. The minimum atomic E-state index is -1.54. The molecule has 4 aliphatic carbocycles. The molecule has 9 atom stereocenters. The Morgan fingerprint density at radius 1 is 1.15 bits per heavy atom. The SMILES string of the molecule is CC1=C2C(OC(=O)C3CC3)C(=O)[C@]3(C)C(O)CC4OC[C@@]4(O)C3C(C)C(O)(CC1O)C2(C)C. The molecule has 5 rings (SSSR count). The van der Waals surface area contributed by atoms with Crippen molar-refractivity contribution < 1.29 is 39.5 Å². The molecule has 0 aromatic rings. The highest BCUT2D eigenvalue weighted by molar-refractivity contribution is 5.95. The summed E-state index contributed by atoms with van der Waals surface area (Å²) >= 11 is 0. The Morgan fingerprint density at radius 3 is 2.33 bits per heavy atom. The molecule has 2 bridgehead atoms. The fourth-order valence-corrected chi connectivity index (χ4v) is 7.61. The van der Waals surface area contributed by atoms with E-state index in [2.05, 4.69) is 0 Å². The maximum Gasteiger partial charge on any atom is 0.309 e. The predicted octanol–water partition coefficient (Wildman–Crippen LogP) is 0.882. The van der Waals surface area contributed by atoms with Gasteiger partial charge in [0.05, 0.1) is 41.9 Å². The average molecular weight is 465 g/mol. The van der Waals surface area contributed by atoms with Crippen molar-refractivity contribution in [2.45, 2.75) is 95.9 Å². The topological polar surface area (TPSA) is 134 Å². The quantitative estimate of drug-likeness (QED) is 0.350. The first-order chi connectivity index (χ1) is 15.2. The van der Waals surface area contributed by atoms with Gasteiger partial charge in [0.2, 0.25) is 0 Å². The van der Waals surface area contributed by atoms with Crippen LogP contribution < -0.4 is 0 Å². The van der Waals surface area contributed by atoms with Gasteiger partial charge in [-0.05, 0) is 43.8 Å². The van der Waals surface area contributed by atoms with Crippen LogP contribution in [0.5, 0.6) is 0 Å². The van der Waals surface area contributed by atoms with Crippen molar-refractivity contribution in [2.24, 2.45) is 28.6 Å². The highest BCUT2D eigenvalue weighted by atomic mass is 16.6. The normalized spacial score (nSPS) is 51.0. The Kier molecular flexibility index (Phi) is 4.88. The molecule has 4 fully saturated rings. The van der Waals surface area contributed by atoms with Crippen molar-refractivity contribution in [3.05, 3.63) is 11.1 Å². The maximum absolute atomic E-state index is 14.4. The highest BCUT2D eigenvalue weighted by Gasteiger charge is 2.74. The van der Waals surface area contributed by atoms with Gasteiger partial charge in [-0.15, -0.1) is 0 Å². The molecule has 8 nitrogen and oxygen atoms in total. The number of rotatable bonds is 2. The van der Waals surface area contributed by atoms with E-state index in [-0.39, 0.29) is 25.4 Å². The van der Waals surface area contributed by atoms with E-state index < -0.39 is 70.0 Å².